The van der Waals surface area contributed by atoms with Gasteiger partial charge in [-0.3, -0.25) is 19.9 Å². The van der Waals surface area contributed by atoms with E-state index in [1.807, 2.05) is 0 Å². The van der Waals surface area contributed by atoms with Gasteiger partial charge in [-0.1, -0.05) is 0 Å². The summed E-state index contributed by atoms with van der Waals surface area (Å²) in [7, 11) is 0. The number of aliphatic imine (C=N–C) groups is 2. The van der Waals surface area contributed by atoms with Crippen molar-refractivity contribution in [1.82, 2.24) is 0 Å². The first-order valence-corrected chi connectivity index (χ1v) is 3.87. The van der Waals surface area contributed by atoms with E-state index in [4.69, 9.17) is 0 Å². The highest BCUT2D eigenvalue weighted by atomic mass is 16.6. The Balaban J connectivity index is 2.38. The molecule has 0 aromatic heterocycles. The summed E-state index contributed by atoms with van der Waals surface area (Å²) in [6, 6.07) is -0.351. The van der Waals surface area contributed by atoms with E-state index >= 15 is 0 Å². The summed E-state index contributed by atoms with van der Waals surface area (Å²) in [6.45, 7) is 0. The zero-order valence-corrected chi connectivity index (χ0v) is 6.95. The van der Waals surface area contributed by atoms with Crippen LogP contribution in [0.1, 0.15) is 0 Å². The number of nitro groups is 1. The van der Waals surface area contributed by atoms with Crippen molar-refractivity contribution in [1.29, 1.82) is 0 Å². The third kappa shape index (κ3) is 1.37. The topological polar surface area (TPSA) is 84.9 Å². The van der Waals surface area contributed by atoms with E-state index in [0.29, 0.717) is 5.71 Å². The number of carbonyl (C=O) groups excluding carboxylic acids is 1. The molecule has 1 atom stereocenters. The van der Waals surface area contributed by atoms with Crippen molar-refractivity contribution in [2.24, 2.45) is 9.98 Å². The molecule has 6 heteroatoms. The van der Waals surface area contributed by atoms with Crippen LogP contribution in [0.25, 0.3) is 0 Å². The number of rotatable bonds is 1. The van der Waals surface area contributed by atoms with E-state index in [1.165, 1.54) is 12.2 Å². The Bertz CT molecular complexity index is 431. The maximum Gasteiger partial charge on any atom is 0.288 e. The highest BCUT2D eigenvalue weighted by Gasteiger charge is 2.23. The summed E-state index contributed by atoms with van der Waals surface area (Å²) in [4.78, 5) is 28.2. The molecule has 0 aromatic rings. The van der Waals surface area contributed by atoms with Crippen LogP contribution in [-0.2, 0) is 4.79 Å². The number of amides is 1. The maximum atomic E-state index is 10.8. The first-order valence-electron chi connectivity index (χ1n) is 3.87. The molecule has 0 saturated heterocycles. The van der Waals surface area contributed by atoms with Crippen LogP contribution in [-0.4, -0.2) is 28.8 Å². The number of hydrogen-bond acceptors (Lipinski definition) is 4. The van der Waals surface area contributed by atoms with Crippen molar-refractivity contribution in [2.75, 3.05) is 0 Å². The largest absolute Gasteiger partial charge is 0.288 e. The molecular formula is C8H5N3O3. The molecule has 0 saturated carbocycles. The zero-order valence-electron chi connectivity index (χ0n) is 6.95. The van der Waals surface area contributed by atoms with Crippen LogP contribution in [0.2, 0.25) is 0 Å². The van der Waals surface area contributed by atoms with Gasteiger partial charge in [-0.15, -0.1) is 0 Å². The van der Waals surface area contributed by atoms with Gasteiger partial charge < -0.3 is 0 Å². The summed E-state index contributed by atoms with van der Waals surface area (Å²) < 4.78 is 0. The standard InChI is InChI=1S/C8H5N3O3/c12-8-4-9-6-2-1-5(11(13)14)3-7(6)10-8/h1-4,6H. The van der Waals surface area contributed by atoms with Gasteiger partial charge in [-0.25, -0.2) is 4.99 Å². The molecule has 2 rings (SSSR count). The van der Waals surface area contributed by atoms with Gasteiger partial charge in [0.25, 0.3) is 11.6 Å². The van der Waals surface area contributed by atoms with Crippen molar-refractivity contribution in [3.63, 3.8) is 0 Å². The number of carbonyl (C=O) groups is 1. The van der Waals surface area contributed by atoms with Crippen LogP contribution in [0, 0.1) is 10.1 Å². The monoisotopic (exact) mass is 191 g/mol. The quantitative estimate of drug-likeness (QED) is 0.436. The fourth-order valence-corrected chi connectivity index (χ4v) is 1.21. The van der Waals surface area contributed by atoms with Gasteiger partial charge in [-0.05, 0) is 6.08 Å². The van der Waals surface area contributed by atoms with Crippen LogP contribution in [0.15, 0.2) is 33.9 Å². The average Bonchev–Trinajstić information content (AvgIpc) is 2.16. The first-order chi connectivity index (χ1) is 6.66. The minimum Gasteiger partial charge on any atom is -0.273 e. The van der Waals surface area contributed by atoms with E-state index in [0.717, 1.165) is 6.21 Å². The molecule has 14 heavy (non-hydrogen) atoms. The van der Waals surface area contributed by atoms with Crippen LogP contribution >= 0.6 is 0 Å². The molecule has 1 aliphatic heterocycles. The molecule has 2 aliphatic rings. The molecule has 0 spiro atoms. The Morgan fingerprint density at radius 1 is 1.50 bits per heavy atom. The third-order valence-electron chi connectivity index (χ3n) is 1.84. The van der Waals surface area contributed by atoms with Gasteiger partial charge in [0.05, 0.1) is 16.8 Å². The Morgan fingerprint density at radius 3 is 3.00 bits per heavy atom. The van der Waals surface area contributed by atoms with Crippen LogP contribution in [0.3, 0.4) is 0 Å². The predicted molar refractivity (Wildman–Crippen MR) is 48.9 cm³/mol. The van der Waals surface area contributed by atoms with Gasteiger partial charge in [0.1, 0.15) is 6.04 Å². The van der Waals surface area contributed by atoms with Gasteiger partial charge in [0, 0.05) is 12.2 Å². The Hall–Kier alpha value is -2.11. The summed E-state index contributed by atoms with van der Waals surface area (Å²) in [5.74, 6) is -0.481. The number of nitrogens with zero attached hydrogens (tertiary/aromatic N) is 3. The SMILES string of the molecule is O=C1C=NC2C=CC([N+](=O)[O-])=CC2=N1. The molecule has 6 nitrogen and oxygen atoms in total. The average molecular weight is 191 g/mol. The molecule has 1 aliphatic carbocycles. The molecule has 0 radical (unpaired) electrons. The maximum absolute atomic E-state index is 10.8. The molecule has 0 fully saturated rings. The highest BCUT2D eigenvalue weighted by molar-refractivity contribution is 6.32. The highest BCUT2D eigenvalue weighted by Crippen LogP contribution is 2.14. The summed E-state index contributed by atoms with van der Waals surface area (Å²) in [6.07, 6.45) is 5.28. The second kappa shape index (κ2) is 2.99. The van der Waals surface area contributed by atoms with Crippen LogP contribution in [0.5, 0.6) is 0 Å². The van der Waals surface area contributed by atoms with Crippen molar-refractivity contribution in [3.05, 3.63) is 34.0 Å². The van der Waals surface area contributed by atoms with Crippen molar-refractivity contribution in [3.8, 4) is 0 Å². The first kappa shape index (κ1) is 8.49. The Kier molecular flexibility index (Phi) is 1.81. The summed E-state index contributed by atoms with van der Waals surface area (Å²) in [5, 5.41) is 10.4. The lowest BCUT2D eigenvalue weighted by atomic mass is 10.0. The number of fused-ring (bicyclic) bond motifs is 1. The number of hydrogen-bond donors (Lipinski definition) is 0. The minimum absolute atomic E-state index is 0.0788. The summed E-state index contributed by atoms with van der Waals surface area (Å²) in [5.41, 5.74) is 0.247. The fraction of sp³-hybridized carbons (Fsp3) is 0.125. The van der Waals surface area contributed by atoms with E-state index < -0.39 is 10.8 Å². The van der Waals surface area contributed by atoms with Crippen molar-refractivity contribution in [2.45, 2.75) is 6.04 Å². The zero-order chi connectivity index (χ0) is 10.1. The predicted octanol–water partition coefficient (Wildman–Crippen LogP) is 0.137. The van der Waals surface area contributed by atoms with Gasteiger partial charge in [0.15, 0.2) is 0 Å². The Labute approximate surface area is 78.5 Å². The lowest BCUT2D eigenvalue weighted by molar-refractivity contribution is -0.418. The smallest absolute Gasteiger partial charge is 0.273 e. The molecular weight excluding hydrogens is 186 g/mol. The fourth-order valence-electron chi connectivity index (χ4n) is 1.21. The van der Waals surface area contributed by atoms with Crippen molar-refractivity contribution < 1.29 is 9.72 Å². The molecule has 0 bridgehead atoms. The normalized spacial score (nSPS) is 24.0. The van der Waals surface area contributed by atoms with E-state index in [2.05, 4.69) is 9.98 Å². The molecule has 1 unspecified atom stereocenters. The molecule has 1 heterocycles. The van der Waals surface area contributed by atoms with Crippen LogP contribution in [0.4, 0.5) is 0 Å². The van der Waals surface area contributed by atoms with E-state index in [9.17, 15) is 14.9 Å². The minimum atomic E-state index is -0.530. The Morgan fingerprint density at radius 2 is 2.29 bits per heavy atom. The second-order valence-corrected chi connectivity index (χ2v) is 2.78. The third-order valence-corrected chi connectivity index (χ3v) is 1.84. The van der Waals surface area contributed by atoms with Gasteiger partial charge in [-0.2, -0.15) is 0 Å². The summed E-state index contributed by atoms with van der Waals surface area (Å²) >= 11 is 0. The van der Waals surface area contributed by atoms with E-state index in [1.54, 1.807) is 6.08 Å². The lowest BCUT2D eigenvalue weighted by Crippen LogP contribution is -2.25. The second-order valence-electron chi connectivity index (χ2n) is 2.78. The van der Waals surface area contributed by atoms with Crippen molar-refractivity contribution >= 4 is 17.8 Å². The molecule has 0 aromatic carbocycles. The molecule has 0 N–H and O–H groups in total. The molecule has 1 amide bonds. The van der Waals surface area contributed by atoms with Gasteiger partial charge in [0.2, 0.25) is 0 Å². The van der Waals surface area contributed by atoms with Crippen LogP contribution < -0.4 is 0 Å². The van der Waals surface area contributed by atoms with E-state index in [-0.39, 0.29) is 11.7 Å². The lowest BCUT2D eigenvalue weighted by Gasteiger charge is -2.13. The number of allylic oxidation sites excluding steroid dienone is 1. The molecule has 70 valence electrons. The van der Waals surface area contributed by atoms with Gasteiger partial charge >= 0.3 is 0 Å².